The number of hydrogen-bond donors (Lipinski definition) is 1. The van der Waals surface area contributed by atoms with Gasteiger partial charge in [-0.05, 0) is 54.2 Å². The van der Waals surface area contributed by atoms with E-state index in [4.69, 9.17) is 27.9 Å². The van der Waals surface area contributed by atoms with Gasteiger partial charge < -0.3 is 9.84 Å². The Bertz CT molecular complexity index is 562. The lowest BCUT2D eigenvalue weighted by Crippen LogP contribution is -2.13. The van der Waals surface area contributed by atoms with Gasteiger partial charge >= 0.3 is 0 Å². The van der Waals surface area contributed by atoms with E-state index in [9.17, 15) is 5.11 Å². The van der Waals surface area contributed by atoms with Gasteiger partial charge in [-0.25, -0.2) is 0 Å². The number of hydrogen-bond acceptors (Lipinski definition) is 2. The van der Waals surface area contributed by atoms with Gasteiger partial charge in [0.05, 0.1) is 7.11 Å². The maximum absolute atomic E-state index is 9.62. The van der Waals surface area contributed by atoms with E-state index < -0.39 is 0 Å². The molecule has 0 aliphatic rings. The van der Waals surface area contributed by atoms with Crippen LogP contribution in [-0.2, 0) is 12.8 Å². The van der Waals surface area contributed by atoms with Crippen LogP contribution in [-0.4, -0.2) is 18.8 Å². The molecule has 0 spiro atoms. The molecule has 1 atom stereocenters. The van der Waals surface area contributed by atoms with E-state index in [1.165, 1.54) is 0 Å². The van der Waals surface area contributed by atoms with Gasteiger partial charge in [0.2, 0.25) is 0 Å². The molecule has 0 aromatic heterocycles. The molecule has 2 aromatic carbocycles. The summed E-state index contributed by atoms with van der Waals surface area (Å²) in [5, 5.41) is 10.9. The van der Waals surface area contributed by atoms with Crippen molar-refractivity contribution in [1.82, 2.24) is 0 Å². The quantitative estimate of drug-likeness (QED) is 0.853. The third-order valence-corrected chi connectivity index (χ3v) is 4.20. The fourth-order valence-corrected chi connectivity index (χ4v) is 2.86. The molecule has 4 heteroatoms. The first-order valence-corrected chi connectivity index (χ1v) is 7.56. The lowest BCUT2D eigenvalue weighted by atomic mass is 9.93. The molecular formula is C17H18Cl2O2. The zero-order chi connectivity index (χ0) is 15.2. The van der Waals surface area contributed by atoms with Crippen molar-refractivity contribution in [3.8, 4) is 5.75 Å². The summed E-state index contributed by atoms with van der Waals surface area (Å²) >= 11 is 12.4. The number of rotatable bonds is 6. The number of methoxy groups -OCH3 is 1. The highest BCUT2D eigenvalue weighted by Gasteiger charge is 2.14. The average Bonchev–Trinajstić information content (AvgIpc) is 2.50. The summed E-state index contributed by atoms with van der Waals surface area (Å²) in [7, 11) is 1.64. The first-order chi connectivity index (χ1) is 10.1. The Morgan fingerprint density at radius 2 is 1.62 bits per heavy atom. The summed E-state index contributed by atoms with van der Waals surface area (Å²) in [5.41, 5.74) is 2.05. The monoisotopic (exact) mass is 324 g/mol. The molecule has 0 aliphatic heterocycles. The third kappa shape index (κ3) is 4.37. The van der Waals surface area contributed by atoms with Crippen molar-refractivity contribution in [3.05, 3.63) is 63.6 Å². The molecule has 21 heavy (non-hydrogen) atoms. The van der Waals surface area contributed by atoms with E-state index in [1.807, 2.05) is 42.5 Å². The Morgan fingerprint density at radius 1 is 1.00 bits per heavy atom. The Labute approximate surface area is 135 Å². The first kappa shape index (κ1) is 16.2. The molecule has 0 saturated carbocycles. The standard InChI is InChI=1S/C17H18Cl2O2/c1-21-14-7-5-12(6-8-14)9-13(11-20)10-15-16(18)3-2-4-17(15)19/h2-8,13,20H,9-11H2,1H3. The van der Waals surface area contributed by atoms with Crippen LogP contribution in [0.1, 0.15) is 11.1 Å². The Hall–Kier alpha value is -1.22. The van der Waals surface area contributed by atoms with Crippen molar-refractivity contribution in [2.75, 3.05) is 13.7 Å². The number of aliphatic hydroxyl groups is 1. The summed E-state index contributed by atoms with van der Waals surface area (Å²) in [6, 6.07) is 13.3. The minimum absolute atomic E-state index is 0.0794. The van der Waals surface area contributed by atoms with Gasteiger partial charge in [-0.15, -0.1) is 0 Å². The SMILES string of the molecule is COc1ccc(CC(CO)Cc2c(Cl)cccc2Cl)cc1. The summed E-state index contributed by atoms with van der Waals surface area (Å²) < 4.78 is 5.14. The molecule has 0 heterocycles. The second kappa shape index (κ2) is 7.69. The predicted octanol–water partition coefficient (Wildman–Crippen LogP) is 4.40. The van der Waals surface area contributed by atoms with Crippen molar-refractivity contribution in [2.24, 2.45) is 5.92 Å². The average molecular weight is 325 g/mol. The van der Waals surface area contributed by atoms with E-state index in [0.717, 1.165) is 23.3 Å². The molecule has 2 nitrogen and oxygen atoms in total. The number of aliphatic hydroxyl groups excluding tert-OH is 1. The zero-order valence-electron chi connectivity index (χ0n) is 11.9. The molecule has 2 aromatic rings. The minimum Gasteiger partial charge on any atom is -0.497 e. The van der Waals surface area contributed by atoms with Crippen LogP contribution in [0.5, 0.6) is 5.75 Å². The van der Waals surface area contributed by atoms with Crippen LogP contribution >= 0.6 is 23.2 Å². The van der Waals surface area contributed by atoms with Crippen molar-refractivity contribution in [1.29, 1.82) is 0 Å². The highest BCUT2D eigenvalue weighted by atomic mass is 35.5. The van der Waals surface area contributed by atoms with Crippen LogP contribution in [0, 0.1) is 5.92 Å². The van der Waals surface area contributed by atoms with E-state index in [0.29, 0.717) is 16.5 Å². The molecular weight excluding hydrogens is 307 g/mol. The van der Waals surface area contributed by atoms with E-state index >= 15 is 0 Å². The molecule has 112 valence electrons. The second-order valence-corrected chi connectivity index (χ2v) is 5.82. The van der Waals surface area contributed by atoms with Crippen LogP contribution < -0.4 is 4.74 Å². The zero-order valence-corrected chi connectivity index (χ0v) is 13.4. The lowest BCUT2D eigenvalue weighted by molar-refractivity contribution is 0.225. The van der Waals surface area contributed by atoms with Gasteiger partial charge in [-0.1, -0.05) is 41.4 Å². The van der Waals surface area contributed by atoms with Crippen LogP contribution in [0.25, 0.3) is 0 Å². The van der Waals surface area contributed by atoms with E-state index in [-0.39, 0.29) is 12.5 Å². The third-order valence-electron chi connectivity index (χ3n) is 3.50. The number of halogens is 2. The fourth-order valence-electron chi connectivity index (χ4n) is 2.31. The van der Waals surface area contributed by atoms with Gasteiger partial charge in [-0.3, -0.25) is 0 Å². The fraction of sp³-hybridized carbons (Fsp3) is 0.294. The molecule has 0 fully saturated rings. The van der Waals surface area contributed by atoms with E-state index in [2.05, 4.69) is 0 Å². The maximum Gasteiger partial charge on any atom is 0.118 e. The normalized spacial score (nSPS) is 12.2. The number of ether oxygens (including phenoxy) is 1. The molecule has 0 aliphatic carbocycles. The topological polar surface area (TPSA) is 29.5 Å². The summed E-state index contributed by atoms with van der Waals surface area (Å²) in [4.78, 5) is 0. The Morgan fingerprint density at radius 3 is 2.14 bits per heavy atom. The summed E-state index contributed by atoms with van der Waals surface area (Å²) in [6.45, 7) is 0.0909. The van der Waals surface area contributed by atoms with Gasteiger partial charge in [-0.2, -0.15) is 0 Å². The van der Waals surface area contributed by atoms with Crippen LogP contribution in [0.3, 0.4) is 0 Å². The molecule has 1 unspecified atom stereocenters. The Balaban J connectivity index is 2.09. The smallest absolute Gasteiger partial charge is 0.118 e. The predicted molar refractivity (Wildman–Crippen MR) is 87.4 cm³/mol. The van der Waals surface area contributed by atoms with Crippen LogP contribution in [0.2, 0.25) is 10.0 Å². The minimum atomic E-state index is 0.0794. The first-order valence-electron chi connectivity index (χ1n) is 6.80. The maximum atomic E-state index is 9.62. The molecule has 0 amide bonds. The highest BCUT2D eigenvalue weighted by Crippen LogP contribution is 2.28. The lowest BCUT2D eigenvalue weighted by Gasteiger charge is -2.16. The molecule has 0 radical (unpaired) electrons. The van der Waals surface area contributed by atoms with Crippen molar-refractivity contribution in [2.45, 2.75) is 12.8 Å². The van der Waals surface area contributed by atoms with Gasteiger partial charge in [0.25, 0.3) is 0 Å². The molecule has 2 rings (SSSR count). The van der Waals surface area contributed by atoms with E-state index in [1.54, 1.807) is 7.11 Å². The summed E-state index contributed by atoms with van der Waals surface area (Å²) in [6.07, 6.45) is 1.42. The van der Waals surface area contributed by atoms with Crippen molar-refractivity contribution < 1.29 is 9.84 Å². The Kier molecular flexibility index (Phi) is 5.92. The highest BCUT2D eigenvalue weighted by molar-refractivity contribution is 6.35. The van der Waals surface area contributed by atoms with Crippen molar-refractivity contribution >= 4 is 23.2 Å². The summed E-state index contributed by atoms with van der Waals surface area (Å²) in [5.74, 6) is 0.907. The number of benzene rings is 2. The van der Waals surface area contributed by atoms with Gasteiger partial charge in [0, 0.05) is 16.7 Å². The molecule has 0 saturated heterocycles. The van der Waals surface area contributed by atoms with Gasteiger partial charge in [0.15, 0.2) is 0 Å². The largest absolute Gasteiger partial charge is 0.497 e. The van der Waals surface area contributed by atoms with Gasteiger partial charge in [0.1, 0.15) is 5.75 Å². The van der Waals surface area contributed by atoms with Crippen LogP contribution in [0.4, 0.5) is 0 Å². The molecule has 1 N–H and O–H groups in total. The molecule has 0 bridgehead atoms. The van der Waals surface area contributed by atoms with Crippen LogP contribution in [0.15, 0.2) is 42.5 Å². The van der Waals surface area contributed by atoms with Crippen molar-refractivity contribution in [3.63, 3.8) is 0 Å². The second-order valence-electron chi connectivity index (χ2n) is 5.01.